The van der Waals surface area contributed by atoms with Crippen LogP contribution in [0.2, 0.25) is 0 Å². The fraction of sp³-hybridized carbons (Fsp3) is 0.400. The zero-order valence-corrected chi connectivity index (χ0v) is 12.4. The van der Waals surface area contributed by atoms with E-state index in [1.165, 1.54) is 19.2 Å². The number of hydrogen-bond acceptors (Lipinski definition) is 6. The summed E-state index contributed by atoms with van der Waals surface area (Å²) in [6.45, 7) is 4.34. The number of aliphatic hydroxyl groups excluding tert-OH is 1. The van der Waals surface area contributed by atoms with Gasteiger partial charge in [-0.15, -0.1) is 4.91 Å². The summed E-state index contributed by atoms with van der Waals surface area (Å²) in [5.74, 6) is 0.0271. The molecule has 2 heterocycles. The number of rotatable bonds is 2. The SMILES string of the molecule is C=C1CC2C(O)N(C)c3cc(N=O)c(OC)cc3C(=O)N2C1. The first-order valence-corrected chi connectivity index (χ1v) is 6.91. The van der Waals surface area contributed by atoms with Gasteiger partial charge in [0.1, 0.15) is 12.0 Å². The summed E-state index contributed by atoms with van der Waals surface area (Å²) in [5.41, 5.74) is 1.85. The second-order valence-electron chi connectivity index (χ2n) is 5.61. The van der Waals surface area contributed by atoms with Gasteiger partial charge in [0.2, 0.25) is 0 Å². The van der Waals surface area contributed by atoms with Crippen molar-refractivity contribution in [2.75, 3.05) is 25.6 Å². The Morgan fingerprint density at radius 1 is 1.45 bits per heavy atom. The lowest BCUT2D eigenvalue weighted by Crippen LogP contribution is -2.47. The first-order valence-electron chi connectivity index (χ1n) is 6.91. The molecule has 1 aromatic carbocycles. The van der Waals surface area contributed by atoms with Crippen molar-refractivity contribution in [1.29, 1.82) is 0 Å². The summed E-state index contributed by atoms with van der Waals surface area (Å²) in [6.07, 6.45) is -0.321. The van der Waals surface area contributed by atoms with Gasteiger partial charge in [0.25, 0.3) is 5.91 Å². The summed E-state index contributed by atoms with van der Waals surface area (Å²) < 4.78 is 5.12. The van der Waals surface area contributed by atoms with E-state index in [1.807, 2.05) is 0 Å². The van der Waals surface area contributed by atoms with Gasteiger partial charge in [0.05, 0.1) is 24.4 Å². The van der Waals surface area contributed by atoms with Gasteiger partial charge < -0.3 is 19.6 Å². The summed E-state index contributed by atoms with van der Waals surface area (Å²) in [4.78, 5) is 27.0. The van der Waals surface area contributed by atoms with Crippen molar-refractivity contribution in [2.45, 2.75) is 18.7 Å². The highest BCUT2D eigenvalue weighted by molar-refractivity contribution is 6.02. The molecular formula is C15H17N3O4. The van der Waals surface area contributed by atoms with Crippen LogP contribution in [0.5, 0.6) is 5.75 Å². The standard InChI is InChI=1S/C15H17N3O4/c1-8-4-12-15(20)17(2)11-6-10(16-21)13(22-3)5-9(11)14(19)18(12)7-8/h5-6,12,15,20H,1,4,7H2,2-3H3. The fourth-order valence-electron chi connectivity index (χ4n) is 3.13. The molecular weight excluding hydrogens is 286 g/mol. The number of ether oxygens (including phenoxy) is 1. The molecule has 22 heavy (non-hydrogen) atoms. The number of aliphatic hydroxyl groups is 1. The summed E-state index contributed by atoms with van der Waals surface area (Å²) >= 11 is 0. The van der Waals surface area contributed by atoms with Crippen LogP contribution >= 0.6 is 0 Å². The van der Waals surface area contributed by atoms with Crippen molar-refractivity contribution in [3.8, 4) is 5.75 Å². The van der Waals surface area contributed by atoms with Crippen LogP contribution in [-0.2, 0) is 0 Å². The molecule has 2 aliphatic rings. The second kappa shape index (κ2) is 5.10. The summed E-state index contributed by atoms with van der Waals surface area (Å²) in [5, 5.41) is 13.5. The molecule has 2 unspecified atom stereocenters. The summed E-state index contributed by atoms with van der Waals surface area (Å²) in [7, 11) is 3.10. The van der Waals surface area contributed by atoms with Crippen molar-refractivity contribution in [1.82, 2.24) is 4.90 Å². The Morgan fingerprint density at radius 3 is 2.82 bits per heavy atom. The molecule has 116 valence electrons. The number of hydrogen-bond donors (Lipinski definition) is 1. The van der Waals surface area contributed by atoms with Crippen molar-refractivity contribution >= 4 is 17.3 Å². The Hall–Kier alpha value is -2.41. The van der Waals surface area contributed by atoms with Gasteiger partial charge in [-0.25, -0.2) is 0 Å². The quantitative estimate of drug-likeness (QED) is 0.663. The predicted octanol–water partition coefficient (Wildman–Crippen LogP) is 1.63. The average molecular weight is 303 g/mol. The molecule has 0 aromatic heterocycles. The molecule has 2 atom stereocenters. The molecule has 1 N–H and O–H groups in total. The monoisotopic (exact) mass is 303 g/mol. The number of benzene rings is 1. The van der Waals surface area contributed by atoms with Gasteiger partial charge in [-0.2, -0.15) is 0 Å². The number of nitrogens with zero attached hydrogens (tertiary/aromatic N) is 3. The largest absolute Gasteiger partial charge is 0.494 e. The van der Waals surface area contributed by atoms with Crippen LogP contribution < -0.4 is 9.64 Å². The highest BCUT2D eigenvalue weighted by Crippen LogP contribution is 2.40. The molecule has 0 radical (unpaired) electrons. The number of nitroso groups, excluding NO2 is 1. The maximum atomic E-state index is 12.8. The minimum absolute atomic E-state index is 0.0968. The third kappa shape index (κ3) is 1.97. The van der Waals surface area contributed by atoms with Crippen LogP contribution in [0.25, 0.3) is 0 Å². The molecule has 0 bridgehead atoms. The van der Waals surface area contributed by atoms with E-state index in [0.717, 1.165) is 5.57 Å². The zero-order valence-electron chi connectivity index (χ0n) is 12.4. The van der Waals surface area contributed by atoms with Gasteiger partial charge >= 0.3 is 0 Å². The lowest BCUT2D eigenvalue weighted by Gasteiger charge is -2.30. The minimum atomic E-state index is -0.877. The number of fused-ring (bicyclic) bond motifs is 2. The molecule has 0 spiro atoms. The summed E-state index contributed by atoms with van der Waals surface area (Å²) in [6, 6.07) is 2.62. The molecule has 1 aromatic rings. The normalized spacial score (nSPS) is 24.0. The van der Waals surface area contributed by atoms with Crippen LogP contribution in [0.15, 0.2) is 29.5 Å². The Kier molecular flexibility index (Phi) is 3.37. The van der Waals surface area contributed by atoms with Crippen molar-refractivity contribution < 1.29 is 14.6 Å². The molecule has 1 fully saturated rings. The number of likely N-dealkylation sites (N-methyl/N-ethyl adjacent to an activating group) is 1. The maximum absolute atomic E-state index is 12.8. The van der Waals surface area contributed by atoms with E-state index in [9.17, 15) is 14.8 Å². The number of anilines is 1. The highest BCUT2D eigenvalue weighted by atomic mass is 16.5. The molecule has 2 aliphatic heterocycles. The van der Waals surface area contributed by atoms with E-state index >= 15 is 0 Å². The second-order valence-corrected chi connectivity index (χ2v) is 5.61. The Bertz CT molecular complexity index is 673. The lowest BCUT2D eigenvalue weighted by molar-refractivity contribution is 0.0527. The maximum Gasteiger partial charge on any atom is 0.256 e. The average Bonchev–Trinajstić information content (AvgIpc) is 2.90. The van der Waals surface area contributed by atoms with Crippen LogP contribution in [0, 0.1) is 4.91 Å². The topological polar surface area (TPSA) is 82.4 Å². The minimum Gasteiger partial charge on any atom is -0.494 e. The highest BCUT2D eigenvalue weighted by Gasteiger charge is 2.42. The molecule has 3 rings (SSSR count). The van der Waals surface area contributed by atoms with Crippen molar-refractivity contribution in [3.63, 3.8) is 0 Å². The number of amides is 1. The molecule has 7 nitrogen and oxygen atoms in total. The van der Waals surface area contributed by atoms with Gasteiger partial charge in [-0.05, 0) is 23.7 Å². The van der Waals surface area contributed by atoms with Crippen LogP contribution in [0.1, 0.15) is 16.8 Å². The van der Waals surface area contributed by atoms with Gasteiger partial charge in [0, 0.05) is 13.6 Å². The first kappa shape index (κ1) is 14.5. The Balaban J connectivity index is 2.19. The van der Waals surface area contributed by atoms with Crippen molar-refractivity contribution in [3.05, 3.63) is 34.8 Å². The van der Waals surface area contributed by atoms with E-state index in [2.05, 4.69) is 11.8 Å². The van der Waals surface area contributed by atoms with Gasteiger partial charge in [-0.3, -0.25) is 4.79 Å². The third-order valence-electron chi connectivity index (χ3n) is 4.30. The lowest BCUT2D eigenvalue weighted by atomic mass is 10.1. The zero-order chi connectivity index (χ0) is 16.0. The molecule has 0 saturated carbocycles. The third-order valence-corrected chi connectivity index (χ3v) is 4.30. The first-order chi connectivity index (χ1) is 10.5. The smallest absolute Gasteiger partial charge is 0.256 e. The van der Waals surface area contributed by atoms with Crippen LogP contribution in [-0.4, -0.2) is 48.9 Å². The Morgan fingerprint density at radius 2 is 2.18 bits per heavy atom. The van der Waals surface area contributed by atoms with E-state index < -0.39 is 6.23 Å². The number of carbonyl (C=O) groups is 1. The van der Waals surface area contributed by atoms with Gasteiger partial charge in [0.15, 0.2) is 5.69 Å². The Labute approximate surface area is 127 Å². The van der Waals surface area contributed by atoms with E-state index in [4.69, 9.17) is 4.74 Å². The van der Waals surface area contributed by atoms with E-state index in [-0.39, 0.29) is 23.4 Å². The number of methoxy groups -OCH3 is 1. The van der Waals surface area contributed by atoms with Crippen molar-refractivity contribution in [2.24, 2.45) is 5.18 Å². The fourth-order valence-corrected chi connectivity index (χ4v) is 3.13. The van der Waals surface area contributed by atoms with Crippen LogP contribution in [0.3, 0.4) is 0 Å². The molecule has 7 heteroatoms. The number of carbonyl (C=O) groups excluding carboxylic acids is 1. The predicted molar refractivity (Wildman–Crippen MR) is 81.4 cm³/mol. The van der Waals surface area contributed by atoms with E-state index in [0.29, 0.717) is 24.2 Å². The molecule has 0 aliphatic carbocycles. The van der Waals surface area contributed by atoms with Gasteiger partial charge in [-0.1, -0.05) is 12.2 Å². The molecule has 1 saturated heterocycles. The van der Waals surface area contributed by atoms with E-state index in [1.54, 1.807) is 16.8 Å². The van der Waals surface area contributed by atoms with Crippen LogP contribution in [0.4, 0.5) is 11.4 Å². The molecule has 1 amide bonds.